The fourth-order valence-electron chi connectivity index (χ4n) is 4.35. The number of rotatable bonds is 9. The van der Waals surface area contributed by atoms with Gasteiger partial charge in [-0.1, -0.05) is 46.9 Å². The molecule has 1 saturated heterocycles. The molecule has 1 aliphatic heterocycles. The monoisotopic (exact) mass is 588 g/mol. The highest BCUT2D eigenvalue weighted by Crippen LogP contribution is 2.29. The number of benzene rings is 3. The molecule has 4 rings (SSSR count). The topological polar surface area (TPSA) is 102 Å². The number of nitrogens with one attached hydrogen (secondary N) is 2. The molecule has 11 heteroatoms. The van der Waals surface area contributed by atoms with Crippen molar-refractivity contribution in [1.29, 1.82) is 0 Å². The molecule has 1 heterocycles. The first-order valence-electron chi connectivity index (χ1n) is 12.3. The maximum absolute atomic E-state index is 13.1. The molecule has 2 amide bonds. The maximum Gasteiger partial charge on any atom is 0.317 e. The zero-order valence-corrected chi connectivity index (χ0v) is 23.2. The van der Waals surface area contributed by atoms with E-state index in [1.165, 1.54) is 0 Å². The molecule has 39 heavy (non-hydrogen) atoms. The number of carbonyl (C=O) groups excluding carboxylic acids is 2. The van der Waals surface area contributed by atoms with Gasteiger partial charge in [-0.2, -0.15) is 0 Å². The van der Waals surface area contributed by atoms with E-state index in [0.29, 0.717) is 71.0 Å². The highest BCUT2D eigenvalue weighted by atomic mass is 35.5. The summed E-state index contributed by atoms with van der Waals surface area (Å²) in [6.45, 7) is 2.60. The number of aliphatic carboxylic acids is 1. The Kier molecular flexibility index (Phi) is 9.69. The second-order valence-electron chi connectivity index (χ2n) is 9.09. The fraction of sp³-hybridized carbons (Fsp3) is 0.250. The number of carboxylic acids is 1. The molecule has 1 fully saturated rings. The first-order chi connectivity index (χ1) is 18.7. The molecular weight excluding hydrogens is 563 g/mol. The first-order valence-corrected chi connectivity index (χ1v) is 13.4. The van der Waals surface area contributed by atoms with Gasteiger partial charge in [0.1, 0.15) is 0 Å². The van der Waals surface area contributed by atoms with Crippen molar-refractivity contribution in [2.45, 2.75) is 6.42 Å². The number of nitrogens with zero attached hydrogens (tertiary/aromatic N) is 2. The van der Waals surface area contributed by atoms with Crippen molar-refractivity contribution in [2.24, 2.45) is 0 Å². The molecule has 1 aliphatic rings. The van der Waals surface area contributed by atoms with Crippen LogP contribution in [0.15, 0.2) is 60.7 Å². The largest absolute Gasteiger partial charge is 0.480 e. The van der Waals surface area contributed by atoms with E-state index in [1.807, 2.05) is 11.0 Å². The van der Waals surface area contributed by atoms with Crippen LogP contribution in [0.4, 0.5) is 11.4 Å². The maximum atomic E-state index is 13.1. The number of carbonyl (C=O) groups is 3. The quantitative estimate of drug-likeness (QED) is 0.322. The molecule has 0 unspecified atom stereocenters. The van der Waals surface area contributed by atoms with Crippen LogP contribution < -0.4 is 15.5 Å². The Balaban J connectivity index is 1.51. The van der Waals surface area contributed by atoms with E-state index < -0.39 is 5.97 Å². The summed E-state index contributed by atoms with van der Waals surface area (Å²) in [7, 11) is 0. The lowest BCUT2D eigenvalue weighted by Crippen LogP contribution is -2.48. The molecular formula is C28H27Cl3N4O4. The highest BCUT2D eigenvalue weighted by Gasteiger charge is 2.22. The Morgan fingerprint density at radius 1 is 0.821 bits per heavy atom. The average Bonchev–Trinajstić information content (AvgIpc) is 2.90. The SMILES string of the molecule is O=C(O)CN1CCN(c2ccc(C(=O)NCCc3ccc(Cl)cc3Cl)cc2NC(=O)c2cccc(Cl)c2)CC1. The third-order valence-electron chi connectivity index (χ3n) is 6.36. The minimum atomic E-state index is -0.869. The molecule has 0 aromatic heterocycles. The van der Waals surface area contributed by atoms with Gasteiger partial charge in [-0.15, -0.1) is 0 Å². The minimum absolute atomic E-state index is 0.0213. The summed E-state index contributed by atoms with van der Waals surface area (Å²) in [6, 6.07) is 17.0. The lowest BCUT2D eigenvalue weighted by Gasteiger charge is -2.36. The molecule has 3 N–H and O–H groups in total. The van der Waals surface area contributed by atoms with E-state index in [1.54, 1.807) is 54.6 Å². The molecule has 3 aromatic rings. The molecule has 8 nitrogen and oxygen atoms in total. The standard InChI is InChI=1S/C28H27Cl3N4O4/c29-21-3-1-2-19(14-21)28(39)33-24-15-20(27(38)32-9-8-18-4-6-22(30)16-23(18)31)5-7-25(24)35-12-10-34(11-13-35)17-26(36)37/h1-7,14-16H,8-13,17H2,(H,32,38)(H,33,39)(H,36,37). The van der Waals surface area contributed by atoms with E-state index >= 15 is 0 Å². The minimum Gasteiger partial charge on any atom is -0.480 e. The van der Waals surface area contributed by atoms with E-state index in [0.717, 1.165) is 11.3 Å². The third kappa shape index (κ3) is 7.86. The lowest BCUT2D eigenvalue weighted by molar-refractivity contribution is -0.138. The van der Waals surface area contributed by atoms with Gasteiger partial charge >= 0.3 is 5.97 Å². The summed E-state index contributed by atoms with van der Waals surface area (Å²) in [5.41, 5.74) is 2.85. The van der Waals surface area contributed by atoms with Crippen LogP contribution in [0, 0.1) is 0 Å². The van der Waals surface area contributed by atoms with Gasteiger partial charge in [-0.3, -0.25) is 19.3 Å². The summed E-state index contributed by atoms with van der Waals surface area (Å²) in [5.74, 6) is -1.53. The van der Waals surface area contributed by atoms with Gasteiger partial charge in [0.15, 0.2) is 0 Å². The van der Waals surface area contributed by atoms with Gasteiger partial charge in [-0.05, 0) is 60.5 Å². The molecule has 3 aromatic carbocycles. The molecule has 0 saturated carbocycles. The van der Waals surface area contributed by atoms with Crippen molar-refractivity contribution in [2.75, 3.05) is 49.5 Å². The van der Waals surface area contributed by atoms with E-state index in [-0.39, 0.29) is 18.4 Å². The Labute approximate surface area is 241 Å². The summed E-state index contributed by atoms with van der Waals surface area (Å²) in [5, 5.41) is 16.4. The summed E-state index contributed by atoms with van der Waals surface area (Å²) in [4.78, 5) is 41.0. The Hall–Kier alpha value is -3.30. The Morgan fingerprint density at radius 3 is 2.23 bits per heavy atom. The molecule has 0 radical (unpaired) electrons. The third-order valence-corrected chi connectivity index (χ3v) is 7.18. The highest BCUT2D eigenvalue weighted by molar-refractivity contribution is 6.35. The summed E-state index contributed by atoms with van der Waals surface area (Å²) in [6.07, 6.45) is 0.527. The van der Waals surface area contributed by atoms with Crippen molar-refractivity contribution in [3.63, 3.8) is 0 Å². The van der Waals surface area contributed by atoms with Crippen molar-refractivity contribution >= 4 is 64.0 Å². The van der Waals surface area contributed by atoms with Crippen molar-refractivity contribution < 1.29 is 19.5 Å². The number of amides is 2. The Morgan fingerprint density at radius 2 is 1.54 bits per heavy atom. The van der Waals surface area contributed by atoms with Gasteiger partial charge < -0.3 is 20.6 Å². The van der Waals surface area contributed by atoms with Gasteiger partial charge in [0.05, 0.1) is 17.9 Å². The number of halogens is 3. The zero-order chi connectivity index (χ0) is 27.9. The van der Waals surface area contributed by atoms with Gasteiger partial charge in [-0.25, -0.2) is 0 Å². The molecule has 204 valence electrons. The average molecular weight is 590 g/mol. The van der Waals surface area contributed by atoms with Gasteiger partial charge in [0.25, 0.3) is 11.8 Å². The summed E-state index contributed by atoms with van der Waals surface area (Å²) < 4.78 is 0. The van der Waals surface area contributed by atoms with Crippen molar-refractivity contribution in [3.05, 3.63) is 92.4 Å². The smallest absolute Gasteiger partial charge is 0.317 e. The van der Waals surface area contributed by atoms with Crippen LogP contribution in [0.5, 0.6) is 0 Å². The van der Waals surface area contributed by atoms with Crippen molar-refractivity contribution in [1.82, 2.24) is 10.2 Å². The van der Waals surface area contributed by atoms with Crippen LogP contribution in [0.1, 0.15) is 26.3 Å². The number of piperazine rings is 1. The molecule has 0 atom stereocenters. The first kappa shape index (κ1) is 28.7. The van der Waals surface area contributed by atoms with E-state index in [9.17, 15) is 14.4 Å². The van der Waals surface area contributed by atoms with Crippen LogP contribution in [0.25, 0.3) is 0 Å². The summed E-state index contributed by atoms with van der Waals surface area (Å²) >= 11 is 18.3. The van der Waals surface area contributed by atoms with Crippen LogP contribution >= 0.6 is 34.8 Å². The van der Waals surface area contributed by atoms with Crippen LogP contribution in [0.2, 0.25) is 15.1 Å². The van der Waals surface area contributed by atoms with Crippen LogP contribution in [0.3, 0.4) is 0 Å². The predicted molar refractivity (Wildman–Crippen MR) is 155 cm³/mol. The predicted octanol–water partition coefficient (Wildman–Crippen LogP) is 5.08. The Bertz CT molecular complexity index is 1380. The molecule has 0 bridgehead atoms. The van der Waals surface area contributed by atoms with Crippen LogP contribution in [-0.4, -0.2) is 67.1 Å². The van der Waals surface area contributed by atoms with Crippen LogP contribution in [-0.2, 0) is 11.2 Å². The lowest BCUT2D eigenvalue weighted by atomic mass is 10.1. The van der Waals surface area contributed by atoms with Crippen molar-refractivity contribution in [3.8, 4) is 0 Å². The van der Waals surface area contributed by atoms with E-state index in [2.05, 4.69) is 15.5 Å². The second kappa shape index (κ2) is 13.2. The van der Waals surface area contributed by atoms with Gasteiger partial charge in [0.2, 0.25) is 0 Å². The molecule has 0 spiro atoms. The molecule has 0 aliphatic carbocycles. The second-order valence-corrected chi connectivity index (χ2v) is 10.4. The zero-order valence-electron chi connectivity index (χ0n) is 20.9. The number of anilines is 2. The normalized spacial score (nSPS) is 13.7. The number of carboxylic acid groups (broad SMARTS) is 1. The number of hydrogen-bond acceptors (Lipinski definition) is 5. The fourth-order valence-corrected chi connectivity index (χ4v) is 5.05. The van der Waals surface area contributed by atoms with Gasteiger partial charge in [0, 0.05) is 58.9 Å². The van der Waals surface area contributed by atoms with E-state index in [4.69, 9.17) is 39.9 Å². The number of hydrogen-bond donors (Lipinski definition) is 3.